The maximum absolute atomic E-state index is 5.38. The summed E-state index contributed by atoms with van der Waals surface area (Å²) in [5.41, 5.74) is 11.4. The molecule has 0 spiro atoms. The Morgan fingerprint density at radius 2 is 0.764 bits per heavy atom. The first-order valence-electron chi connectivity index (χ1n) is 18.4. The summed E-state index contributed by atoms with van der Waals surface area (Å²) >= 11 is 0. The molecular formula is C50H33N5. The van der Waals surface area contributed by atoms with Crippen LogP contribution in [-0.4, -0.2) is 24.7 Å². The third-order valence-corrected chi connectivity index (χ3v) is 10.1. The average Bonchev–Trinajstić information content (AvgIpc) is 3.68. The minimum Gasteiger partial charge on any atom is -0.232 e. The van der Waals surface area contributed by atoms with Crippen LogP contribution in [0.5, 0.6) is 0 Å². The lowest BCUT2D eigenvalue weighted by Crippen LogP contribution is -2.00. The van der Waals surface area contributed by atoms with Crippen LogP contribution in [0.3, 0.4) is 0 Å². The van der Waals surface area contributed by atoms with Gasteiger partial charge in [-0.15, -0.1) is 0 Å². The van der Waals surface area contributed by atoms with Crippen molar-refractivity contribution in [2.75, 3.05) is 0 Å². The fourth-order valence-corrected chi connectivity index (χ4v) is 7.36. The molecule has 0 radical (unpaired) electrons. The topological polar surface area (TPSA) is 56.5 Å². The first-order valence-corrected chi connectivity index (χ1v) is 18.4. The zero-order valence-electron chi connectivity index (χ0n) is 29.8. The Kier molecular flexibility index (Phi) is 8.08. The van der Waals surface area contributed by atoms with Crippen molar-refractivity contribution in [3.63, 3.8) is 0 Å². The number of aromatic nitrogens is 5. The van der Waals surface area contributed by atoms with Gasteiger partial charge in [0.1, 0.15) is 5.69 Å². The van der Waals surface area contributed by atoms with E-state index in [9.17, 15) is 0 Å². The fourth-order valence-electron chi connectivity index (χ4n) is 7.36. The highest BCUT2D eigenvalue weighted by Crippen LogP contribution is 2.42. The number of benzene rings is 8. The summed E-state index contributed by atoms with van der Waals surface area (Å²) in [5, 5.41) is 8.81. The van der Waals surface area contributed by atoms with Crippen molar-refractivity contribution in [3.05, 3.63) is 200 Å². The van der Waals surface area contributed by atoms with E-state index in [1.54, 1.807) is 0 Å². The van der Waals surface area contributed by atoms with Crippen LogP contribution in [0.15, 0.2) is 200 Å². The van der Waals surface area contributed by atoms with Crippen LogP contribution in [0.25, 0.3) is 95.0 Å². The minimum atomic E-state index is 0.609. The van der Waals surface area contributed by atoms with Gasteiger partial charge < -0.3 is 0 Å². The van der Waals surface area contributed by atoms with Gasteiger partial charge in [0.25, 0.3) is 0 Å². The molecule has 0 atom stereocenters. The van der Waals surface area contributed by atoms with Crippen LogP contribution in [-0.2, 0) is 0 Å². The summed E-state index contributed by atoms with van der Waals surface area (Å²) < 4.78 is 2.10. The van der Waals surface area contributed by atoms with E-state index in [0.717, 1.165) is 66.6 Å². The highest BCUT2D eigenvalue weighted by atomic mass is 15.3. The van der Waals surface area contributed by atoms with Gasteiger partial charge in [-0.1, -0.05) is 182 Å². The maximum Gasteiger partial charge on any atom is 0.164 e. The monoisotopic (exact) mass is 703 g/mol. The van der Waals surface area contributed by atoms with E-state index in [4.69, 9.17) is 20.1 Å². The SMILES string of the molecule is c1ccc(-c2ccc(-c3nc(-c4ccccc4)nc(-c4ccc(-c5nn(-c6ccccc6)c6c5c(-c5ccccc5)cc5ccccc56)cc4)n3)cc2)cc1. The molecule has 2 aromatic heterocycles. The van der Waals surface area contributed by atoms with E-state index in [1.165, 1.54) is 10.9 Å². The van der Waals surface area contributed by atoms with Gasteiger partial charge in [0, 0.05) is 33.0 Å². The number of para-hydroxylation sites is 1. The van der Waals surface area contributed by atoms with E-state index in [2.05, 4.69) is 162 Å². The van der Waals surface area contributed by atoms with Crippen LogP contribution >= 0.6 is 0 Å². The van der Waals surface area contributed by atoms with E-state index in [0.29, 0.717) is 17.5 Å². The highest BCUT2D eigenvalue weighted by Gasteiger charge is 2.21. The standard InChI is InChI=1S/C50H33N5/c1-5-15-34(16-6-1)35-25-29-39(30-26-35)49-51-48(38-19-9-3-10-20-38)52-50(53-49)40-31-27-37(28-32-40)46-45-44(36-17-7-2-8-18-36)33-41-21-13-14-24-43(41)47(45)55(54-46)42-22-11-4-12-23-42/h1-33H. The summed E-state index contributed by atoms with van der Waals surface area (Å²) in [6, 6.07) is 69.2. The van der Waals surface area contributed by atoms with Crippen LogP contribution in [0.1, 0.15) is 0 Å². The molecule has 0 aliphatic rings. The number of hydrogen-bond donors (Lipinski definition) is 0. The molecule has 0 fully saturated rings. The number of hydrogen-bond acceptors (Lipinski definition) is 4. The maximum atomic E-state index is 5.38. The lowest BCUT2D eigenvalue weighted by molar-refractivity contribution is 0.918. The molecule has 55 heavy (non-hydrogen) atoms. The van der Waals surface area contributed by atoms with Gasteiger partial charge >= 0.3 is 0 Å². The van der Waals surface area contributed by atoms with Gasteiger partial charge in [-0.25, -0.2) is 19.6 Å². The average molecular weight is 704 g/mol. The van der Waals surface area contributed by atoms with E-state index in [1.807, 2.05) is 42.5 Å². The molecule has 5 heteroatoms. The van der Waals surface area contributed by atoms with Gasteiger partial charge in [-0.05, 0) is 45.8 Å². The summed E-state index contributed by atoms with van der Waals surface area (Å²) in [6.45, 7) is 0. The first-order chi connectivity index (χ1) is 27.3. The van der Waals surface area contributed by atoms with Crippen LogP contribution < -0.4 is 0 Å². The zero-order chi connectivity index (χ0) is 36.6. The quantitative estimate of drug-likeness (QED) is 0.166. The fraction of sp³-hybridized carbons (Fsp3) is 0. The molecule has 8 aromatic carbocycles. The van der Waals surface area contributed by atoms with Crippen molar-refractivity contribution in [1.82, 2.24) is 24.7 Å². The second-order valence-corrected chi connectivity index (χ2v) is 13.5. The van der Waals surface area contributed by atoms with Crippen molar-refractivity contribution in [1.29, 1.82) is 0 Å². The number of rotatable bonds is 7. The lowest BCUT2D eigenvalue weighted by Gasteiger charge is -2.11. The molecule has 0 bridgehead atoms. The molecular weight excluding hydrogens is 671 g/mol. The molecule has 0 aliphatic heterocycles. The Bertz CT molecular complexity index is 2920. The van der Waals surface area contributed by atoms with Crippen molar-refractivity contribution < 1.29 is 0 Å². The Hall–Kier alpha value is -7.50. The van der Waals surface area contributed by atoms with Gasteiger partial charge in [0.2, 0.25) is 0 Å². The minimum absolute atomic E-state index is 0.609. The highest BCUT2D eigenvalue weighted by molar-refractivity contribution is 6.17. The Balaban J connectivity index is 1.12. The third-order valence-electron chi connectivity index (χ3n) is 10.1. The van der Waals surface area contributed by atoms with Crippen molar-refractivity contribution in [2.45, 2.75) is 0 Å². The number of nitrogens with zero attached hydrogens (tertiary/aromatic N) is 5. The predicted molar refractivity (Wildman–Crippen MR) is 225 cm³/mol. The van der Waals surface area contributed by atoms with E-state index >= 15 is 0 Å². The van der Waals surface area contributed by atoms with Gasteiger partial charge in [-0.2, -0.15) is 5.10 Å². The molecule has 258 valence electrons. The van der Waals surface area contributed by atoms with Crippen LogP contribution in [0, 0.1) is 0 Å². The largest absolute Gasteiger partial charge is 0.232 e. The molecule has 2 heterocycles. The molecule has 0 N–H and O–H groups in total. The summed E-state index contributed by atoms with van der Waals surface area (Å²) in [4.78, 5) is 15.0. The first kappa shape index (κ1) is 32.2. The van der Waals surface area contributed by atoms with Crippen molar-refractivity contribution in [2.24, 2.45) is 0 Å². The molecule has 0 unspecified atom stereocenters. The van der Waals surface area contributed by atoms with Gasteiger partial charge in [0.15, 0.2) is 17.5 Å². The molecule has 0 saturated carbocycles. The zero-order valence-corrected chi connectivity index (χ0v) is 29.8. The van der Waals surface area contributed by atoms with Crippen molar-refractivity contribution in [3.8, 4) is 73.4 Å². The summed E-state index contributed by atoms with van der Waals surface area (Å²) in [5.74, 6) is 1.86. The summed E-state index contributed by atoms with van der Waals surface area (Å²) in [7, 11) is 0. The smallest absolute Gasteiger partial charge is 0.164 e. The molecule has 0 amide bonds. The second-order valence-electron chi connectivity index (χ2n) is 13.5. The Morgan fingerprint density at radius 1 is 0.345 bits per heavy atom. The van der Waals surface area contributed by atoms with Crippen molar-refractivity contribution >= 4 is 21.7 Å². The molecule has 10 rings (SSSR count). The third kappa shape index (κ3) is 6.04. The molecule has 5 nitrogen and oxygen atoms in total. The van der Waals surface area contributed by atoms with Gasteiger partial charge in [0.05, 0.1) is 11.2 Å². The normalized spacial score (nSPS) is 11.3. The van der Waals surface area contributed by atoms with Crippen LogP contribution in [0.4, 0.5) is 0 Å². The molecule has 0 saturated heterocycles. The Labute approximate surface area is 318 Å². The van der Waals surface area contributed by atoms with Crippen LogP contribution in [0.2, 0.25) is 0 Å². The molecule has 0 aliphatic carbocycles. The Morgan fingerprint density at radius 3 is 1.35 bits per heavy atom. The lowest BCUT2D eigenvalue weighted by atomic mass is 9.93. The van der Waals surface area contributed by atoms with E-state index in [-0.39, 0.29) is 0 Å². The second kappa shape index (κ2) is 13.8. The predicted octanol–water partition coefficient (Wildman–Crippen LogP) is 12.4. The van der Waals surface area contributed by atoms with Gasteiger partial charge in [-0.3, -0.25) is 0 Å². The van der Waals surface area contributed by atoms with E-state index < -0.39 is 0 Å². The summed E-state index contributed by atoms with van der Waals surface area (Å²) in [6.07, 6.45) is 0. The molecule has 10 aromatic rings. The number of fused-ring (bicyclic) bond motifs is 3.